The molecule has 1 aliphatic heterocycles. The number of hydrogen-bond acceptors (Lipinski definition) is 5. The Hall–Kier alpha value is -0.260. The lowest BCUT2D eigenvalue weighted by molar-refractivity contribution is -0.142. The Bertz CT molecular complexity index is 189. The van der Waals surface area contributed by atoms with Crippen molar-refractivity contribution in [2.24, 2.45) is 0 Å². The maximum absolute atomic E-state index is 11.2. The fourth-order valence-corrected chi connectivity index (χ4v) is 2.64. The molecule has 1 fully saturated rings. The predicted octanol–water partition coefficient (Wildman–Crippen LogP) is 0.00550. The number of aliphatic hydroxyl groups is 1. The maximum Gasteiger partial charge on any atom is 0.322 e. The molecule has 0 amide bonds. The Labute approximate surface area is 88.4 Å². The second kappa shape index (κ2) is 6.27. The van der Waals surface area contributed by atoms with Crippen molar-refractivity contribution in [2.75, 3.05) is 26.0 Å². The van der Waals surface area contributed by atoms with Crippen molar-refractivity contribution < 1.29 is 14.6 Å². The summed E-state index contributed by atoms with van der Waals surface area (Å²) in [6.45, 7) is 1.10. The van der Waals surface area contributed by atoms with E-state index in [0.717, 1.165) is 25.1 Å². The lowest BCUT2D eigenvalue weighted by Gasteiger charge is -2.07. The third-order valence-electron chi connectivity index (χ3n) is 2.23. The summed E-state index contributed by atoms with van der Waals surface area (Å²) in [6.07, 6.45) is 1.66. The molecule has 2 atom stereocenters. The van der Waals surface area contributed by atoms with Crippen LogP contribution < -0.4 is 5.32 Å². The molecule has 2 unspecified atom stereocenters. The molecular formula is C9H17NO3S. The first-order valence-electron chi connectivity index (χ1n) is 4.81. The number of carbonyl (C=O) groups excluding carboxylic acids is 1. The molecule has 14 heavy (non-hydrogen) atoms. The highest BCUT2D eigenvalue weighted by Crippen LogP contribution is 2.22. The van der Waals surface area contributed by atoms with Crippen molar-refractivity contribution in [3.05, 3.63) is 0 Å². The molecule has 1 aliphatic rings. The summed E-state index contributed by atoms with van der Waals surface area (Å²) in [4.78, 5) is 11.2. The van der Waals surface area contributed by atoms with Gasteiger partial charge in [0.25, 0.3) is 0 Å². The van der Waals surface area contributed by atoms with E-state index in [2.05, 4.69) is 10.1 Å². The van der Waals surface area contributed by atoms with Gasteiger partial charge in [-0.05, 0) is 18.6 Å². The third-order valence-corrected chi connectivity index (χ3v) is 3.59. The number of aliphatic hydroxyl groups excluding tert-OH is 1. The number of esters is 1. The minimum absolute atomic E-state index is 0.133. The summed E-state index contributed by atoms with van der Waals surface area (Å²) in [6, 6.07) is -0.133. The van der Waals surface area contributed by atoms with Crippen LogP contribution in [0.25, 0.3) is 0 Å². The van der Waals surface area contributed by atoms with Gasteiger partial charge in [-0.3, -0.25) is 4.79 Å². The zero-order valence-corrected chi connectivity index (χ0v) is 9.18. The molecule has 0 aliphatic carbocycles. The van der Waals surface area contributed by atoms with Crippen molar-refractivity contribution >= 4 is 17.7 Å². The van der Waals surface area contributed by atoms with Crippen molar-refractivity contribution in [1.29, 1.82) is 0 Å². The van der Waals surface area contributed by atoms with Crippen molar-refractivity contribution in [2.45, 2.75) is 24.1 Å². The van der Waals surface area contributed by atoms with Gasteiger partial charge in [0.15, 0.2) is 0 Å². The van der Waals surface area contributed by atoms with Gasteiger partial charge in [0.2, 0.25) is 0 Å². The van der Waals surface area contributed by atoms with E-state index < -0.39 is 0 Å². The molecule has 1 heterocycles. The van der Waals surface area contributed by atoms with Crippen LogP contribution in [-0.4, -0.2) is 48.4 Å². The maximum atomic E-state index is 11.2. The molecule has 0 spiro atoms. The Morgan fingerprint density at radius 2 is 2.50 bits per heavy atom. The van der Waals surface area contributed by atoms with Crippen molar-refractivity contribution in [3.8, 4) is 0 Å². The first kappa shape index (κ1) is 11.8. The first-order chi connectivity index (χ1) is 6.77. The van der Waals surface area contributed by atoms with E-state index in [1.807, 2.05) is 11.8 Å². The van der Waals surface area contributed by atoms with Crippen LogP contribution in [0.4, 0.5) is 0 Å². The fourth-order valence-electron chi connectivity index (χ4n) is 1.47. The molecular weight excluding hydrogens is 202 g/mol. The van der Waals surface area contributed by atoms with E-state index in [1.54, 1.807) is 0 Å². The number of carbonyl (C=O) groups is 1. The number of rotatable bonds is 5. The molecule has 2 N–H and O–H groups in total. The Kier molecular flexibility index (Phi) is 5.29. The van der Waals surface area contributed by atoms with Crippen molar-refractivity contribution in [3.63, 3.8) is 0 Å². The molecule has 0 aromatic rings. The summed E-state index contributed by atoms with van der Waals surface area (Å²) in [5.41, 5.74) is 0. The van der Waals surface area contributed by atoms with Crippen LogP contribution in [0, 0.1) is 0 Å². The summed E-state index contributed by atoms with van der Waals surface area (Å²) in [5, 5.41) is 12.2. The van der Waals surface area contributed by atoms with E-state index in [9.17, 15) is 4.79 Å². The Morgan fingerprint density at radius 3 is 3.14 bits per heavy atom. The van der Waals surface area contributed by atoms with Gasteiger partial charge in [-0.15, -0.1) is 0 Å². The van der Waals surface area contributed by atoms with Gasteiger partial charge >= 0.3 is 5.97 Å². The highest BCUT2D eigenvalue weighted by Gasteiger charge is 2.29. The Balaban J connectivity index is 2.17. The number of methoxy groups -OCH3 is 1. The van der Waals surface area contributed by atoms with E-state index in [1.165, 1.54) is 7.11 Å². The molecule has 0 radical (unpaired) electrons. The topological polar surface area (TPSA) is 58.6 Å². The fraction of sp³-hybridized carbons (Fsp3) is 0.889. The first-order valence-corrected chi connectivity index (χ1v) is 5.86. The molecule has 0 aromatic heterocycles. The van der Waals surface area contributed by atoms with Gasteiger partial charge < -0.3 is 15.2 Å². The lowest BCUT2D eigenvalue weighted by Crippen LogP contribution is -2.31. The summed E-state index contributed by atoms with van der Waals surface area (Å²) in [5.74, 6) is 0.784. The number of hydrogen-bond donors (Lipinski definition) is 2. The summed E-state index contributed by atoms with van der Waals surface area (Å²) in [7, 11) is 1.41. The van der Waals surface area contributed by atoms with Crippen LogP contribution in [0.2, 0.25) is 0 Å². The molecule has 0 aromatic carbocycles. The van der Waals surface area contributed by atoms with Gasteiger partial charge in [-0.25, -0.2) is 0 Å². The van der Waals surface area contributed by atoms with E-state index in [-0.39, 0.29) is 18.6 Å². The third kappa shape index (κ3) is 3.48. The zero-order chi connectivity index (χ0) is 10.4. The monoisotopic (exact) mass is 219 g/mol. The second-order valence-corrected chi connectivity index (χ2v) is 4.70. The number of ether oxygens (including phenoxy) is 1. The molecule has 5 heteroatoms. The van der Waals surface area contributed by atoms with Crippen LogP contribution in [0.1, 0.15) is 12.8 Å². The minimum Gasteiger partial charge on any atom is -0.468 e. The lowest BCUT2D eigenvalue weighted by atomic mass is 10.2. The normalized spacial score (nSPS) is 26.4. The average Bonchev–Trinajstić information content (AvgIpc) is 2.66. The van der Waals surface area contributed by atoms with Crippen LogP contribution in [0.3, 0.4) is 0 Å². The summed E-state index contributed by atoms with van der Waals surface area (Å²) < 4.78 is 4.66. The standard InChI is InChI=1S/C9H17NO3S/c1-13-9(12)8-5-7(6-10-8)14-4-2-3-11/h7-8,10-11H,2-6H2,1H3. The van der Waals surface area contributed by atoms with Crippen molar-refractivity contribution in [1.82, 2.24) is 5.32 Å². The zero-order valence-electron chi connectivity index (χ0n) is 8.36. The van der Waals surface area contributed by atoms with Gasteiger partial charge in [0.1, 0.15) is 6.04 Å². The molecule has 1 rings (SSSR count). The molecule has 1 saturated heterocycles. The van der Waals surface area contributed by atoms with E-state index >= 15 is 0 Å². The quantitative estimate of drug-likeness (QED) is 0.504. The number of nitrogens with one attached hydrogen (secondary N) is 1. The largest absolute Gasteiger partial charge is 0.468 e. The Morgan fingerprint density at radius 1 is 1.71 bits per heavy atom. The minimum atomic E-state index is -0.171. The van der Waals surface area contributed by atoms with Crippen LogP contribution >= 0.6 is 11.8 Å². The van der Waals surface area contributed by atoms with E-state index in [4.69, 9.17) is 5.11 Å². The van der Waals surface area contributed by atoms with Gasteiger partial charge in [-0.1, -0.05) is 0 Å². The molecule has 82 valence electrons. The highest BCUT2D eigenvalue weighted by molar-refractivity contribution is 7.99. The molecule has 0 saturated carbocycles. The smallest absolute Gasteiger partial charge is 0.322 e. The number of thioether (sulfide) groups is 1. The second-order valence-electron chi connectivity index (χ2n) is 3.29. The molecule has 0 bridgehead atoms. The highest BCUT2D eigenvalue weighted by atomic mass is 32.2. The SMILES string of the molecule is COC(=O)C1CC(SCCCO)CN1. The average molecular weight is 219 g/mol. The van der Waals surface area contributed by atoms with Crippen LogP contribution in [0.5, 0.6) is 0 Å². The van der Waals surface area contributed by atoms with Gasteiger partial charge in [0, 0.05) is 18.4 Å². The summed E-state index contributed by atoms with van der Waals surface area (Å²) >= 11 is 1.81. The van der Waals surface area contributed by atoms with Gasteiger partial charge in [0.05, 0.1) is 7.11 Å². The van der Waals surface area contributed by atoms with Gasteiger partial charge in [-0.2, -0.15) is 11.8 Å². The van der Waals surface area contributed by atoms with Crippen LogP contribution in [0.15, 0.2) is 0 Å². The van der Waals surface area contributed by atoms with Crippen LogP contribution in [-0.2, 0) is 9.53 Å². The predicted molar refractivity (Wildman–Crippen MR) is 56.4 cm³/mol. The van der Waals surface area contributed by atoms with E-state index in [0.29, 0.717) is 5.25 Å². The molecule has 4 nitrogen and oxygen atoms in total.